The third-order valence-electron chi connectivity index (χ3n) is 2.54. The zero-order chi connectivity index (χ0) is 13.5. The Morgan fingerprint density at radius 2 is 2.22 bits per heavy atom. The summed E-state index contributed by atoms with van der Waals surface area (Å²) in [6.45, 7) is 7.14. The van der Waals surface area contributed by atoms with Crippen molar-refractivity contribution < 1.29 is 14.6 Å². The van der Waals surface area contributed by atoms with E-state index < -0.39 is 11.9 Å². The maximum absolute atomic E-state index is 10.9. The summed E-state index contributed by atoms with van der Waals surface area (Å²) in [5.41, 5.74) is 0. The number of aliphatic carboxylic acids is 1. The Kier molecular flexibility index (Phi) is 5.35. The SMILES string of the molecule is CCOc1cc(N(CC)CC(C)C(=O)O)ncn1. The van der Waals surface area contributed by atoms with Crippen molar-refractivity contribution in [3.05, 3.63) is 12.4 Å². The third kappa shape index (κ3) is 3.87. The first-order valence-electron chi connectivity index (χ1n) is 6.01. The molecule has 1 aromatic rings. The molecule has 0 saturated carbocycles. The summed E-state index contributed by atoms with van der Waals surface area (Å²) in [5.74, 6) is -0.0732. The van der Waals surface area contributed by atoms with E-state index in [-0.39, 0.29) is 0 Å². The van der Waals surface area contributed by atoms with Crippen molar-refractivity contribution in [2.24, 2.45) is 5.92 Å². The topological polar surface area (TPSA) is 75.5 Å². The highest BCUT2D eigenvalue weighted by atomic mass is 16.5. The van der Waals surface area contributed by atoms with Crippen molar-refractivity contribution in [1.82, 2.24) is 9.97 Å². The smallest absolute Gasteiger partial charge is 0.308 e. The number of anilines is 1. The Balaban J connectivity index is 2.81. The summed E-state index contributed by atoms with van der Waals surface area (Å²) in [6.07, 6.45) is 1.43. The molecule has 0 saturated heterocycles. The van der Waals surface area contributed by atoms with E-state index in [2.05, 4.69) is 9.97 Å². The highest BCUT2D eigenvalue weighted by Gasteiger charge is 2.16. The summed E-state index contributed by atoms with van der Waals surface area (Å²) in [4.78, 5) is 20.9. The molecule has 0 aliphatic carbocycles. The molecule has 1 N–H and O–H groups in total. The van der Waals surface area contributed by atoms with Crippen LogP contribution in [0.25, 0.3) is 0 Å². The maximum atomic E-state index is 10.9. The number of hydrogen-bond donors (Lipinski definition) is 1. The highest BCUT2D eigenvalue weighted by molar-refractivity contribution is 5.70. The molecule has 1 atom stereocenters. The molecule has 0 fully saturated rings. The van der Waals surface area contributed by atoms with Gasteiger partial charge in [-0.25, -0.2) is 9.97 Å². The highest BCUT2D eigenvalue weighted by Crippen LogP contribution is 2.16. The largest absolute Gasteiger partial charge is 0.481 e. The monoisotopic (exact) mass is 253 g/mol. The van der Waals surface area contributed by atoms with E-state index in [4.69, 9.17) is 9.84 Å². The predicted octanol–water partition coefficient (Wildman–Crippen LogP) is 1.42. The predicted molar refractivity (Wildman–Crippen MR) is 67.9 cm³/mol. The lowest BCUT2D eigenvalue weighted by atomic mass is 10.1. The first kappa shape index (κ1) is 14.2. The van der Waals surface area contributed by atoms with Gasteiger partial charge in [0, 0.05) is 19.2 Å². The Morgan fingerprint density at radius 3 is 2.78 bits per heavy atom. The van der Waals surface area contributed by atoms with Crippen molar-refractivity contribution >= 4 is 11.8 Å². The number of ether oxygens (including phenoxy) is 1. The fraction of sp³-hybridized carbons (Fsp3) is 0.583. The van der Waals surface area contributed by atoms with Crippen LogP contribution in [0.2, 0.25) is 0 Å². The average Bonchev–Trinajstić information content (AvgIpc) is 2.36. The van der Waals surface area contributed by atoms with E-state index in [1.165, 1.54) is 6.33 Å². The van der Waals surface area contributed by atoms with Gasteiger partial charge < -0.3 is 14.7 Å². The van der Waals surface area contributed by atoms with Gasteiger partial charge >= 0.3 is 5.97 Å². The summed E-state index contributed by atoms with van der Waals surface area (Å²) in [6, 6.07) is 1.72. The van der Waals surface area contributed by atoms with Crippen molar-refractivity contribution in [2.45, 2.75) is 20.8 Å². The standard InChI is InChI=1S/C12H19N3O3/c1-4-15(7-9(3)12(16)17)10-6-11(18-5-2)14-8-13-10/h6,8-9H,4-5,7H2,1-3H3,(H,16,17). The van der Waals surface area contributed by atoms with Crippen molar-refractivity contribution in [1.29, 1.82) is 0 Å². The first-order valence-corrected chi connectivity index (χ1v) is 6.01. The van der Waals surface area contributed by atoms with Gasteiger partial charge in [0.25, 0.3) is 0 Å². The second-order valence-electron chi connectivity index (χ2n) is 3.93. The molecule has 1 heterocycles. The summed E-state index contributed by atoms with van der Waals surface area (Å²) in [7, 11) is 0. The first-order chi connectivity index (χ1) is 8.58. The van der Waals surface area contributed by atoms with E-state index in [0.29, 0.717) is 31.4 Å². The normalized spacial score (nSPS) is 11.9. The van der Waals surface area contributed by atoms with E-state index in [0.717, 1.165) is 0 Å². The Labute approximate surface area is 107 Å². The molecule has 1 aromatic heterocycles. The molecule has 6 nitrogen and oxygen atoms in total. The van der Waals surface area contributed by atoms with E-state index in [1.54, 1.807) is 13.0 Å². The van der Waals surface area contributed by atoms with Crippen LogP contribution in [0.3, 0.4) is 0 Å². The van der Waals surface area contributed by atoms with Gasteiger partial charge in [-0.2, -0.15) is 0 Å². The van der Waals surface area contributed by atoms with E-state index in [1.807, 2.05) is 18.7 Å². The van der Waals surface area contributed by atoms with Crippen LogP contribution >= 0.6 is 0 Å². The van der Waals surface area contributed by atoms with Crippen molar-refractivity contribution in [3.8, 4) is 5.88 Å². The van der Waals surface area contributed by atoms with Gasteiger partial charge in [-0.3, -0.25) is 4.79 Å². The molecule has 0 aromatic carbocycles. The molecule has 0 amide bonds. The average molecular weight is 253 g/mol. The summed E-state index contributed by atoms with van der Waals surface area (Å²) >= 11 is 0. The zero-order valence-corrected chi connectivity index (χ0v) is 11.0. The van der Waals surface area contributed by atoms with Crippen LogP contribution in [0, 0.1) is 5.92 Å². The van der Waals surface area contributed by atoms with Gasteiger partial charge in [0.2, 0.25) is 5.88 Å². The minimum atomic E-state index is -0.812. The number of rotatable bonds is 7. The fourth-order valence-corrected chi connectivity index (χ4v) is 1.52. The van der Waals surface area contributed by atoms with Gasteiger partial charge in [0.05, 0.1) is 12.5 Å². The Bertz CT molecular complexity index is 398. The molecular weight excluding hydrogens is 234 g/mol. The summed E-state index contributed by atoms with van der Waals surface area (Å²) < 4.78 is 5.30. The molecule has 0 aliphatic rings. The second kappa shape index (κ2) is 6.78. The Morgan fingerprint density at radius 1 is 1.50 bits per heavy atom. The number of carboxylic acids is 1. The Hall–Kier alpha value is -1.85. The number of carbonyl (C=O) groups is 1. The van der Waals surface area contributed by atoms with Crippen LogP contribution < -0.4 is 9.64 Å². The van der Waals surface area contributed by atoms with Crippen LogP contribution in [-0.4, -0.2) is 40.7 Å². The third-order valence-corrected chi connectivity index (χ3v) is 2.54. The van der Waals surface area contributed by atoms with Crippen LogP contribution in [0.1, 0.15) is 20.8 Å². The van der Waals surface area contributed by atoms with Crippen molar-refractivity contribution in [2.75, 3.05) is 24.6 Å². The van der Waals surface area contributed by atoms with Crippen LogP contribution in [0.15, 0.2) is 12.4 Å². The minimum absolute atomic E-state index is 0.411. The van der Waals surface area contributed by atoms with Gasteiger partial charge in [0.15, 0.2) is 0 Å². The molecule has 0 spiro atoms. The van der Waals surface area contributed by atoms with E-state index >= 15 is 0 Å². The lowest BCUT2D eigenvalue weighted by Gasteiger charge is -2.23. The number of carboxylic acid groups (broad SMARTS) is 1. The maximum Gasteiger partial charge on any atom is 0.308 e. The van der Waals surface area contributed by atoms with Gasteiger partial charge in [-0.15, -0.1) is 0 Å². The lowest BCUT2D eigenvalue weighted by molar-refractivity contribution is -0.140. The second-order valence-corrected chi connectivity index (χ2v) is 3.93. The molecule has 0 aliphatic heterocycles. The van der Waals surface area contributed by atoms with Gasteiger partial charge in [-0.05, 0) is 13.8 Å². The fourth-order valence-electron chi connectivity index (χ4n) is 1.52. The summed E-state index contributed by atoms with van der Waals surface area (Å²) in [5, 5.41) is 8.93. The molecule has 18 heavy (non-hydrogen) atoms. The van der Waals surface area contributed by atoms with Crippen LogP contribution in [0.5, 0.6) is 5.88 Å². The quantitative estimate of drug-likeness (QED) is 0.792. The number of nitrogens with zero attached hydrogens (tertiary/aromatic N) is 3. The van der Waals surface area contributed by atoms with Gasteiger partial charge in [0.1, 0.15) is 12.1 Å². The van der Waals surface area contributed by atoms with E-state index in [9.17, 15) is 4.79 Å². The molecule has 100 valence electrons. The zero-order valence-electron chi connectivity index (χ0n) is 11.0. The number of aromatic nitrogens is 2. The van der Waals surface area contributed by atoms with Crippen LogP contribution in [0.4, 0.5) is 5.82 Å². The number of hydrogen-bond acceptors (Lipinski definition) is 5. The molecular formula is C12H19N3O3. The van der Waals surface area contributed by atoms with Gasteiger partial charge in [-0.1, -0.05) is 6.92 Å². The molecule has 0 radical (unpaired) electrons. The molecule has 1 rings (SSSR count). The molecule has 1 unspecified atom stereocenters. The van der Waals surface area contributed by atoms with Crippen LogP contribution in [-0.2, 0) is 4.79 Å². The lowest BCUT2D eigenvalue weighted by Crippen LogP contribution is -2.32. The molecule has 6 heteroatoms. The minimum Gasteiger partial charge on any atom is -0.481 e. The van der Waals surface area contributed by atoms with Crippen molar-refractivity contribution in [3.63, 3.8) is 0 Å². The molecule has 0 bridgehead atoms.